The summed E-state index contributed by atoms with van der Waals surface area (Å²) in [6.07, 6.45) is -2.25. The molecule has 0 spiro atoms. The lowest BCUT2D eigenvalue weighted by atomic mass is 10.2. The molecule has 0 aliphatic rings. The van der Waals surface area contributed by atoms with Gasteiger partial charge in [0, 0.05) is 12.2 Å². The third-order valence-corrected chi connectivity index (χ3v) is 5.74. The molecule has 0 atom stereocenters. The SMILES string of the molecule is CCCN(CC(F)F)C(=O)c1cc(S(=O)(=O)Nc2ccc(OCC)cc2)ccc1Cl. The summed E-state index contributed by atoms with van der Waals surface area (Å²) in [5.41, 5.74) is 0.145. The van der Waals surface area contributed by atoms with Gasteiger partial charge in [0.1, 0.15) is 5.75 Å². The second kappa shape index (κ2) is 10.6. The Bertz CT molecular complexity index is 969. The van der Waals surface area contributed by atoms with E-state index in [0.29, 0.717) is 24.5 Å². The van der Waals surface area contributed by atoms with Crippen molar-refractivity contribution in [2.45, 2.75) is 31.6 Å². The van der Waals surface area contributed by atoms with Crippen molar-refractivity contribution in [1.29, 1.82) is 0 Å². The van der Waals surface area contributed by atoms with Crippen LogP contribution in [0.1, 0.15) is 30.6 Å². The molecule has 0 saturated heterocycles. The van der Waals surface area contributed by atoms with E-state index >= 15 is 0 Å². The van der Waals surface area contributed by atoms with Gasteiger partial charge in [0.25, 0.3) is 22.4 Å². The predicted molar refractivity (Wildman–Crippen MR) is 112 cm³/mol. The average molecular weight is 461 g/mol. The van der Waals surface area contributed by atoms with Crippen molar-refractivity contribution in [2.24, 2.45) is 0 Å². The van der Waals surface area contributed by atoms with E-state index < -0.39 is 28.9 Å². The number of carbonyl (C=O) groups excluding carboxylic acids is 1. The Hall–Kier alpha value is -2.39. The van der Waals surface area contributed by atoms with E-state index in [-0.39, 0.29) is 22.0 Å². The first kappa shape index (κ1) is 23.9. The number of sulfonamides is 1. The molecule has 10 heteroatoms. The van der Waals surface area contributed by atoms with Gasteiger partial charge in [-0.05, 0) is 55.8 Å². The van der Waals surface area contributed by atoms with E-state index in [1.54, 1.807) is 19.1 Å². The maximum absolute atomic E-state index is 12.8. The van der Waals surface area contributed by atoms with Crippen molar-refractivity contribution < 1.29 is 26.7 Å². The number of nitrogens with zero attached hydrogens (tertiary/aromatic N) is 1. The van der Waals surface area contributed by atoms with Gasteiger partial charge in [-0.15, -0.1) is 0 Å². The summed E-state index contributed by atoms with van der Waals surface area (Å²) in [5, 5.41) is -0.0182. The zero-order chi connectivity index (χ0) is 22.3. The Morgan fingerprint density at radius 1 is 1.17 bits per heavy atom. The number of anilines is 1. The smallest absolute Gasteiger partial charge is 0.261 e. The summed E-state index contributed by atoms with van der Waals surface area (Å²) in [4.78, 5) is 13.5. The third kappa shape index (κ3) is 6.30. The fraction of sp³-hybridized carbons (Fsp3) is 0.350. The number of rotatable bonds is 10. The number of halogens is 3. The van der Waals surface area contributed by atoms with Gasteiger partial charge in [-0.2, -0.15) is 0 Å². The number of nitrogens with one attached hydrogen (secondary N) is 1. The highest BCUT2D eigenvalue weighted by molar-refractivity contribution is 7.92. The lowest BCUT2D eigenvalue weighted by molar-refractivity contribution is 0.0555. The van der Waals surface area contributed by atoms with E-state index in [1.807, 2.05) is 6.92 Å². The topological polar surface area (TPSA) is 75.7 Å². The minimum absolute atomic E-state index is 0.0182. The summed E-state index contributed by atoms with van der Waals surface area (Å²) in [7, 11) is -4.04. The lowest BCUT2D eigenvalue weighted by Crippen LogP contribution is -2.36. The molecule has 0 radical (unpaired) electrons. The molecular formula is C20H23ClF2N2O4S. The Labute approximate surface area is 179 Å². The summed E-state index contributed by atoms with van der Waals surface area (Å²) in [6, 6.07) is 9.90. The summed E-state index contributed by atoms with van der Waals surface area (Å²) < 4.78 is 58.9. The lowest BCUT2D eigenvalue weighted by Gasteiger charge is -2.22. The zero-order valence-electron chi connectivity index (χ0n) is 16.6. The Balaban J connectivity index is 2.30. The first-order valence-electron chi connectivity index (χ1n) is 9.30. The number of ether oxygens (including phenoxy) is 1. The van der Waals surface area contributed by atoms with Crippen LogP contribution in [0.3, 0.4) is 0 Å². The van der Waals surface area contributed by atoms with Gasteiger partial charge in [0.15, 0.2) is 0 Å². The maximum atomic E-state index is 12.8. The van der Waals surface area contributed by atoms with Crippen LogP contribution in [0.5, 0.6) is 5.75 Å². The van der Waals surface area contributed by atoms with Crippen LogP contribution in [0.2, 0.25) is 5.02 Å². The van der Waals surface area contributed by atoms with Crippen molar-refractivity contribution in [2.75, 3.05) is 24.4 Å². The normalized spacial score (nSPS) is 11.4. The molecule has 0 bridgehead atoms. The molecule has 6 nitrogen and oxygen atoms in total. The van der Waals surface area contributed by atoms with Crippen LogP contribution in [-0.2, 0) is 10.0 Å². The quantitative estimate of drug-likeness (QED) is 0.559. The second-order valence-corrected chi connectivity index (χ2v) is 8.44. The molecular weight excluding hydrogens is 438 g/mol. The molecule has 2 aromatic carbocycles. The molecule has 1 N–H and O–H groups in total. The van der Waals surface area contributed by atoms with E-state index in [0.717, 1.165) is 11.0 Å². The van der Waals surface area contributed by atoms with E-state index in [1.165, 1.54) is 24.3 Å². The number of amides is 1. The fourth-order valence-electron chi connectivity index (χ4n) is 2.72. The molecule has 30 heavy (non-hydrogen) atoms. The van der Waals surface area contributed by atoms with Crippen LogP contribution >= 0.6 is 11.6 Å². The molecule has 0 heterocycles. The first-order valence-corrected chi connectivity index (χ1v) is 11.2. The maximum Gasteiger partial charge on any atom is 0.261 e. The largest absolute Gasteiger partial charge is 0.494 e. The average Bonchev–Trinajstić information content (AvgIpc) is 2.68. The highest BCUT2D eigenvalue weighted by atomic mass is 35.5. The molecule has 2 aromatic rings. The molecule has 1 amide bonds. The molecule has 0 fully saturated rings. The minimum Gasteiger partial charge on any atom is -0.494 e. The van der Waals surface area contributed by atoms with Crippen LogP contribution in [0, 0.1) is 0 Å². The van der Waals surface area contributed by atoms with Gasteiger partial charge in [-0.1, -0.05) is 18.5 Å². The number of carbonyl (C=O) groups is 1. The minimum atomic E-state index is -4.04. The molecule has 0 saturated carbocycles. The zero-order valence-corrected chi connectivity index (χ0v) is 18.1. The van der Waals surface area contributed by atoms with Crippen molar-refractivity contribution in [3.63, 3.8) is 0 Å². The second-order valence-electron chi connectivity index (χ2n) is 6.35. The Kier molecular flexibility index (Phi) is 8.43. The number of hydrogen-bond acceptors (Lipinski definition) is 4. The Morgan fingerprint density at radius 2 is 1.83 bits per heavy atom. The summed E-state index contributed by atoms with van der Waals surface area (Å²) in [5.74, 6) is -0.157. The predicted octanol–water partition coefficient (Wildman–Crippen LogP) is 4.66. The van der Waals surface area contributed by atoms with Crippen LogP contribution in [-0.4, -0.2) is 45.3 Å². The van der Waals surface area contributed by atoms with Crippen molar-refractivity contribution in [3.05, 3.63) is 53.1 Å². The Morgan fingerprint density at radius 3 is 2.40 bits per heavy atom. The fourth-order valence-corrected chi connectivity index (χ4v) is 4.00. The van der Waals surface area contributed by atoms with Gasteiger partial charge in [-0.25, -0.2) is 17.2 Å². The molecule has 164 valence electrons. The third-order valence-electron chi connectivity index (χ3n) is 4.04. The molecule has 0 aromatic heterocycles. The van der Waals surface area contributed by atoms with E-state index in [4.69, 9.17) is 16.3 Å². The van der Waals surface area contributed by atoms with Crippen LogP contribution in [0.15, 0.2) is 47.4 Å². The van der Waals surface area contributed by atoms with Gasteiger partial charge >= 0.3 is 0 Å². The molecule has 0 unspecified atom stereocenters. The van der Waals surface area contributed by atoms with Crippen LogP contribution in [0.25, 0.3) is 0 Å². The van der Waals surface area contributed by atoms with Gasteiger partial charge < -0.3 is 9.64 Å². The number of hydrogen-bond donors (Lipinski definition) is 1. The van der Waals surface area contributed by atoms with Gasteiger partial charge in [0.05, 0.1) is 28.6 Å². The van der Waals surface area contributed by atoms with Crippen LogP contribution in [0.4, 0.5) is 14.5 Å². The summed E-state index contributed by atoms with van der Waals surface area (Å²) in [6.45, 7) is 3.40. The standard InChI is InChI=1S/C20H23ClF2N2O4S/c1-3-11-25(13-19(22)23)20(26)17-12-16(9-10-18(17)21)30(27,28)24-14-5-7-15(8-6-14)29-4-2/h5-10,12,19,24H,3-4,11,13H2,1-2H3. The number of benzene rings is 2. The highest BCUT2D eigenvalue weighted by Crippen LogP contribution is 2.25. The molecule has 0 aliphatic carbocycles. The first-order chi connectivity index (χ1) is 14.2. The van der Waals surface area contributed by atoms with Crippen molar-refractivity contribution in [3.8, 4) is 5.75 Å². The van der Waals surface area contributed by atoms with Crippen LogP contribution < -0.4 is 9.46 Å². The summed E-state index contributed by atoms with van der Waals surface area (Å²) >= 11 is 6.07. The van der Waals surface area contributed by atoms with Gasteiger partial charge in [-0.3, -0.25) is 9.52 Å². The van der Waals surface area contributed by atoms with Crippen molar-refractivity contribution in [1.82, 2.24) is 4.90 Å². The molecule has 0 aliphatic heterocycles. The molecule has 2 rings (SSSR count). The highest BCUT2D eigenvalue weighted by Gasteiger charge is 2.24. The van der Waals surface area contributed by atoms with E-state index in [2.05, 4.69) is 4.72 Å². The van der Waals surface area contributed by atoms with E-state index in [9.17, 15) is 22.0 Å². The van der Waals surface area contributed by atoms with Crippen molar-refractivity contribution >= 4 is 33.2 Å². The monoisotopic (exact) mass is 460 g/mol. The van der Waals surface area contributed by atoms with Gasteiger partial charge in [0.2, 0.25) is 0 Å². The number of alkyl halides is 2.